The molecule has 37 heavy (non-hydrogen) atoms. The molecule has 5 rings (SSSR count). The molecule has 0 saturated carbocycles. The van der Waals surface area contributed by atoms with Gasteiger partial charge in [0.2, 0.25) is 12.7 Å². The average molecular weight is 509 g/mol. The van der Waals surface area contributed by atoms with Crippen LogP contribution < -0.4 is 18.9 Å². The van der Waals surface area contributed by atoms with E-state index in [9.17, 15) is 4.79 Å². The van der Waals surface area contributed by atoms with Crippen molar-refractivity contribution in [1.82, 2.24) is 19.7 Å². The predicted molar refractivity (Wildman–Crippen MR) is 135 cm³/mol. The maximum absolute atomic E-state index is 13.0. The molecule has 3 aromatic rings. The van der Waals surface area contributed by atoms with Crippen LogP contribution in [0.4, 0.5) is 0 Å². The number of nitrogens with zero attached hydrogens (tertiary/aromatic N) is 4. The molecule has 0 spiro atoms. The molecular weight excluding hydrogens is 476 g/mol. The third kappa shape index (κ3) is 5.81. The van der Waals surface area contributed by atoms with Crippen molar-refractivity contribution in [2.75, 3.05) is 54.2 Å². The number of hydrogen-bond donors (Lipinski definition) is 0. The first-order valence-corrected chi connectivity index (χ1v) is 12.3. The van der Waals surface area contributed by atoms with Crippen molar-refractivity contribution in [2.24, 2.45) is 0 Å². The summed E-state index contributed by atoms with van der Waals surface area (Å²) in [5.41, 5.74) is 2.34. The van der Waals surface area contributed by atoms with Crippen molar-refractivity contribution in [3.8, 4) is 23.0 Å². The lowest BCUT2D eigenvalue weighted by molar-refractivity contribution is 0.0658. The summed E-state index contributed by atoms with van der Waals surface area (Å²) in [6, 6.07) is 11.6. The van der Waals surface area contributed by atoms with E-state index < -0.39 is 0 Å². The van der Waals surface area contributed by atoms with E-state index in [-0.39, 0.29) is 12.7 Å². The van der Waals surface area contributed by atoms with Crippen LogP contribution in [0.3, 0.4) is 0 Å². The Bertz CT molecular complexity index is 1240. The van der Waals surface area contributed by atoms with Gasteiger partial charge in [-0.3, -0.25) is 9.69 Å². The number of likely N-dealkylation sites (N-methyl/N-ethyl adjacent to an activating group) is 1. The second kappa shape index (κ2) is 11.1. The van der Waals surface area contributed by atoms with Gasteiger partial charge in [0.1, 0.15) is 17.8 Å². The van der Waals surface area contributed by atoms with Gasteiger partial charge >= 0.3 is 0 Å². The van der Waals surface area contributed by atoms with Gasteiger partial charge in [-0.2, -0.15) is 0 Å². The van der Waals surface area contributed by atoms with E-state index in [1.807, 2.05) is 41.3 Å². The number of carbonyl (C=O) groups is 1. The molecule has 1 amide bonds. The van der Waals surface area contributed by atoms with E-state index in [4.69, 9.17) is 23.4 Å². The van der Waals surface area contributed by atoms with Crippen LogP contribution in [0.25, 0.3) is 0 Å². The summed E-state index contributed by atoms with van der Waals surface area (Å²) in [5.74, 6) is 3.35. The predicted octanol–water partition coefficient (Wildman–Crippen LogP) is 3.01. The topological polar surface area (TPSA) is 89.7 Å². The number of benzene rings is 2. The lowest BCUT2D eigenvalue weighted by Crippen LogP contribution is -2.47. The molecule has 1 saturated heterocycles. The van der Waals surface area contributed by atoms with Crippen molar-refractivity contribution in [2.45, 2.75) is 19.6 Å². The highest BCUT2D eigenvalue weighted by Crippen LogP contribution is 2.33. The van der Waals surface area contributed by atoms with Crippen LogP contribution in [-0.2, 0) is 19.6 Å². The van der Waals surface area contributed by atoms with E-state index in [1.165, 1.54) is 6.26 Å². The molecule has 1 aromatic heterocycles. The second-order valence-corrected chi connectivity index (χ2v) is 9.23. The summed E-state index contributed by atoms with van der Waals surface area (Å²) in [6.45, 7) is 4.81. The molecule has 2 aliphatic rings. The number of hydrogen-bond acceptors (Lipinski definition) is 9. The van der Waals surface area contributed by atoms with E-state index in [0.717, 1.165) is 47.2 Å². The number of fused-ring (bicyclic) bond motifs is 1. The van der Waals surface area contributed by atoms with Crippen LogP contribution in [0.15, 0.2) is 47.1 Å². The third-order valence-corrected chi connectivity index (χ3v) is 6.64. The number of ether oxygens (including phenoxy) is 4. The zero-order valence-electron chi connectivity index (χ0n) is 21.4. The van der Waals surface area contributed by atoms with Crippen molar-refractivity contribution >= 4 is 5.91 Å². The summed E-state index contributed by atoms with van der Waals surface area (Å²) in [7, 11) is 5.35. The van der Waals surface area contributed by atoms with E-state index in [2.05, 4.69) is 21.8 Å². The highest BCUT2D eigenvalue weighted by molar-refractivity contribution is 5.92. The van der Waals surface area contributed by atoms with Crippen LogP contribution in [0.5, 0.6) is 23.0 Å². The average Bonchev–Trinajstić information content (AvgIpc) is 3.58. The molecule has 0 atom stereocenters. The highest BCUT2D eigenvalue weighted by Gasteiger charge is 2.24. The van der Waals surface area contributed by atoms with E-state index >= 15 is 0 Å². The first kappa shape index (κ1) is 24.9. The number of aromatic nitrogens is 1. The quantitative estimate of drug-likeness (QED) is 0.433. The number of piperazine rings is 1. The lowest BCUT2D eigenvalue weighted by Gasteiger charge is -2.31. The number of amides is 1. The summed E-state index contributed by atoms with van der Waals surface area (Å²) in [5, 5.41) is 0. The Morgan fingerprint density at radius 3 is 2.57 bits per heavy atom. The Kier molecular flexibility index (Phi) is 7.47. The minimum atomic E-state index is -0.0973. The SMILES string of the molecule is COc1ccc(OC)c(CN(Cc2ccc3c(c2)OCO3)Cc2nc(C(=O)N3CCN(C)CC3)co2)c1. The normalized spacial score (nSPS) is 15.3. The standard InChI is InChI=1S/C27H32N4O6/c1-29-8-10-31(11-9-29)27(32)22-17-35-26(28-22)16-30(14-19-4-6-24-25(12-19)37-18-36-24)15-20-13-21(33-2)5-7-23(20)34-3/h4-7,12-13,17H,8-11,14-16,18H2,1-3H3. The van der Waals surface area contributed by atoms with Gasteiger partial charge in [0, 0.05) is 44.8 Å². The van der Waals surface area contributed by atoms with Crippen LogP contribution in [0, 0.1) is 0 Å². The van der Waals surface area contributed by atoms with Crippen molar-refractivity contribution in [1.29, 1.82) is 0 Å². The highest BCUT2D eigenvalue weighted by atomic mass is 16.7. The van der Waals surface area contributed by atoms with Crippen LogP contribution in [-0.4, -0.2) is 79.8 Å². The molecule has 0 bridgehead atoms. The molecule has 0 N–H and O–H groups in total. The van der Waals surface area contributed by atoms with E-state index in [1.54, 1.807) is 14.2 Å². The summed E-state index contributed by atoms with van der Waals surface area (Å²) in [4.78, 5) is 23.7. The molecule has 0 unspecified atom stereocenters. The number of methoxy groups -OCH3 is 2. The fraction of sp³-hybridized carbons (Fsp3) is 0.407. The number of carbonyl (C=O) groups excluding carboxylic acids is 1. The Morgan fingerprint density at radius 2 is 1.78 bits per heavy atom. The summed E-state index contributed by atoms with van der Waals surface area (Å²) < 4.78 is 27.8. The van der Waals surface area contributed by atoms with Crippen LogP contribution in [0.1, 0.15) is 27.5 Å². The summed E-state index contributed by atoms with van der Waals surface area (Å²) >= 11 is 0. The molecular formula is C27H32N4O6. The Hall–Kier alpha value is -3.76. The first-order valence-electron chi connectivity index (χ1n) is 12.3. The molecule has 0 radical (unpaired) electrons. The molecule has 10 nitrogen and oxygen atoms in total. The maximum Gasteiger partial charge on any atom is 0.275 e. The van der Waals surface area contributed by atoms with Gasteiger partial charge in [-0.15, -0.1) is 0 Å². The summed E-state index contributed by atoms with van der Waals surface area (Å²) in [6.07, 6.45) is 1.46. The van der Waals surface area contributed by atoms with Crippen molar-refractivity contribution in [3.63, 3.8) is 0 Å². The molecule has 196 valence electrons. The van der Waals surface area contributed by atoms with Gasteiger partial charge in [-0.05, 0) is 42.9 Å². The zero-order valence-corrected chi connectivity index (χ0v) is 21.4. The van der Waals surface area contributed by atoms with Crippen molar-refractivity contribution in [3.05, 3.63) is 65.4 Å². The molecule has 2 aromatic carbocycles. The monoisotopic (exact) mass is 508 g/mol. The van der Waals surface area contributed by atoms with Gasteiger partial charge in [-0.25, -0.2) is 4.98 Å². The van der Waals surface area contributed by atoms with Gasteiger partial charge < -0.3 is 33.2 Å². The Balaban J connectivity index is 1.36. The smallest absolute Gasteiger partial charge is 0.275 e. The third-order valence-electron chi connectivity index (χ3n) is 6.64. The second-order valence-electron chi connectivity index (χ2n) is 9.23. The van der Waals surface area contributed by atoms with Gasteiger partial charge in [0.25, 0.3) is 5.91 Å². The first-order chi connectivity index (χ1) is 18.0. The fourth-order valence-electron chi connectivity index (χ4n) is 4.56. The largest absolute Gasteiger partial charge is 0.497 e. The molecule has 10 heteroatoms. The molecule has 1 fully saturated rings. The molecule has 3 heterocycles. The van der Waals surface area contributed by atoms with Gasteiger partial charge in [-0.1, -0.05) is 6.07 Å². The van der Waals surface area contributed by atoms with Crippen molar-refractivity contribution < 1.29 is 28.2 Å². The fourth-order valence-corrected chi connectivity index (χ4v) is 4.56. The van der Waals surface area contributed by atoms with Gasteiger partial charge in [0.15, 0.2) is 17.2 Å². The number of oxazole rings is 1. The minimum absolute atomic E-state index is 0.0973. The zero-order chi connectivity index (χ0) is 25.8. The van der Waals surface area contributed by atoms with Crippen LogP contribution in [0.2, 0.25) is 0 Å². The lowest BCUT2D eigenvalue weighted by atomic mass is 10.1. The molecule has 2 aliphatic heterocycles. The van der Waals surface area contributed by atoms with E-state index in [0.29, 0.717) is 44.3 Å². The maximum atomic E-state index is 13.0. The van der Waals surface area contributed by atoms with Crippen LogP contribution >= 0.6 is 0 Å². The Labute approximate surface area is 216 Å². The Morgan fingerprint density at radius 1 is 0.973 bits per heavy atom. The minimum Gasteiger partial charge on any atom is -0.497 e. The van der Waals surface area contributed by atoms with Gasteiger partial charge in [0.05, 0.1) is 20.8 Å². The number of rotatable bonds is 9. The molecule has 0 aliphatic carbocycles.